The molecule has 14 rings (SSSR count). The number of hydrogen-bond acceptors (Lipinski definition) is 2. The highest BCUT2D eigenvalue weighted by atomic mass is 16.3. The Bertz CT molecular complexity index is 4310. The van der Waals surface area contributed by atoms with Crippen LogP contribution in [0.2, 0.25) is 0 Å². The fourth-order valence-corrected chi connectivity index (χ4v) is 11.1. The Kier molecular flexibility index (Phi) is 9.53. The lowest BCUT2D eigenvalue weighted by Crippen LogP contribution is -2.11. The molecular weight excluding hydrogens is 861 g/mol. The second-order valence-corrected chi connectivity index (χ2v) is 18.4. The average molecular weight is 905 g/mol. The zero-order chi connectivity index (χ0) is 46.8. The standard InChI is InChI=1S/C68H44N2O/c1-2-24-54-50(17-1)44-62(56-26-4-3-25-55(54)56)49-21-15-22-52(43-49)69(63-32-9-7-29-59(63)60-31-16-36-67-68(60)61-30-8-12-35-66(61)71-67)51-39-37-45(38-40-51)46-18-13-19-47(41-46)48-20-14-23-53(42-48)70-64-33-10-5-27-57(64)58-28-6-11-34-65(58)70/h1-44H. The molecule has 71 heavy (non-hydrogen) atoms. The Balaban J connectivity index is 0.894. The first-order valence-electron chi connectivity index (χ1n) is 24.3. The van der Waals surface area contributed by atoms with Crippen molar-refractivity contribution in [2.24, 2.45) is 0 Å². The number of furan rings is 1. The van der Waals surface area contributed by atoms with Gasteiger partial charge in [0.2, 0.25) is 0 Å². The lowest BCUT2D eigenvalue weighted by atomic mass is 9.93. The molecule has 0 amide bonds. The van der Waals surface area contributed by atoms with Crippen LogP contribution in [0.1, 0.15) is 0 Å². The van der Waals surface area contributed by atoms with Gasteiger partial charge in [0.25, 0.3) is 0 Å². The normalized spacial score (nSPS) is 11.7. The quantitative estimate of drug-likeness (QED) is 0.142. The van der Waals surface area contributed by atoms with Crippen LogP contribution in [0.15, 0.2) is 271 Å². The smallest absolute Gasteiger partial charge is 0.136 e. The number of nitrogens with zero attached hydrogens (tertiary/aromatic N) is 2. The second kappa shape index (κ2) is 16.7. The molecule has 0 unspecified atom stereocenters. The van der Waals surface area contributed by atoms with Crippen molar-refractivity contribution < 1.29 is 4.42 Å². The second-order valence-electron chi connectivity index (χ2n) is 18.4. The predicted octanol–water partition coefficient (Wildman–Crippen LogP) is 19.1. The van der Waals surface area contributed by atoms with E-state index in [9.17, 15) is 0 Å². The molecule has 0 saturated carbocycles. The lowest BCUT2D eigenvalue weighted by molar-refractivity contribution is 0.669. The van der Waals surface area contributed by atoms with Crippen molar-refractivity contribution in [1.29, 1.82) is 0 Å². The molecule has 3 heteroatoms. The summed E-state index contributed by atoms with van der Waals surface area (Å²) in [6.45, 7) is 0. The van der Waals surface area contributed by atoms with E-state index < -0.39 is 0 Å². The van der Waals surface area contributed by atoms with Crippen LogP contribution < -0.4 is 4.90 Å². The van der Waals surface area contributed by atoms with E-state index in [1.54, 1.807) is 0 Å². The largest absolute Gasteiger partial charge is 0.456 e. The third-order valence-electron chi connectivity index (χ3n) is 14.4. The van der Waals surface area contributed by atoms with Crippen LogP contribution >= 0.6 is 0 Å². The summed E-state index contributed by atoms with van der Waals surface area (Å²) < 4.78 is 8.83. The van der Waals surface area contributed by atoms with Crippen molar-refractivity contribution in [1.82, 2.24) is 4.57 Å². The van der Waals surface area contributed by atoms with Crippen molar-refractivity contribution >= 4 is 82.4 Å². The maximum absolute atomic E-state index is 6.45. The molecule has 14 aromatic rings. The van der Waals surface area contributed by atoms with Crippen molar-refractivity contribution in [2.75, 3.05) is 4.90 Å². The van der Waals surface area contributed by atoms with E-state index >= 15 is 0 Å². The molecule has 0 atom stereocenters. The fraction of sp³-hybridized carbons (Fsp3) is 0. The van der Waals surface area contributed by atoms with Gasteiger partial charge in [-0.3, -0.25) is 0 Å². The average Bonchev–Trinajstić information content (AvgIpc) is 4.00. The van der Waals surface area contributed by atoms with Gasteiger partial charge in [0.05, 0.1) is 16.7 Å². The maximum Gasteiger partial charge on any atom is 0.136 e. The van der Waals surface area contributed by atoms with Gasteiger partial charge in [0.15, 0.2) is 0 Å². The number of rotatable bonds is 8. The number of benzene rings is 12. The highest BCUT2D eigenvalue weighted by Crippen LogP contribution is 2.46. The third-order valence-corrected chi connectivity index (χ3v) is 14.4. The number of aromatic nitrogens is 1. The van der Waals surface area contributed by atoms with Gasteiger partial charge in [-0.1, -0.05) is 188 Å². The lowest BCUT2D eigenvalue weighted by Gasteiger charge is -2.29. The summed E-state index contributed by atoms with van der Waals surface area (Å²) in [5.74, 6) is 0. The molecule has 0 N–H and O–H groups in total. The van der Waals surface area contributed by atoms with Gasteiger partial charge in [-0.15, -0.1) is 0 Å². The molecule has 0 spiro atoms. The Hall–Kier alpha value is -9.44. The van der Waals surface area contributed by atoms with Crippen LogP contribution in [0.3, 0.4) is 0 Å². The third kappa shape index (κ3) is 6.82. The first-order valence-corrected chi connectivity index (χ1v) is 24.3. The minimum Gasteiger partial charge on any atom is -0.456 e. The van der Waals surface area contributed by atoms with E-state index in [4.69, 9.17) is 4.42 Å². The molecule has 0 radical (unpaired) electrons. The summed E-state index contributed by atoms with van der Waals surface area (Å²) in [5, 5.41) is 9.72. The van der Waals surface area contributed by atoms with E-state index in [0.29, 0.717) is 0 Å². The number of anilines is 3. The number of para-hydroxylation sites is 4. The van der Waals surface area contributed by atoms with Crippen LogP contribution in [0.25, 0.3) is 115 Å². The van der Waals surface area contributed by atoms with E-state index in [1.807, 2.05) is 6.07 Å². The SMILES string of the molecule is c1cc(-c2ccc(N(c3cccc(-c4cc5ccccc5c5ccccc45)c3)c3ccccc3-c3cccc4oc5ccccc5c34)cc2)cc(-c2cccc(-n3c4ccccc4c4ccccc43)c2)c1. The molecular formula is C68H44N2O. The summed E-state index contributed by atoms with van der Waals surface area (Å²) in [6.07, 6.45) is 0. The summed E-state index contributed by atoms with van der Waals surface area (Å²) >= 11 is 0. The fourth-order valence-electron chi connectivity index (χ4n) is 11.1. The Morgan fingerprint density at radius 2 is 0.859 bits per heavy atom. The van der Waals surface area contributed by atoms with Gasteiger partial charge in [-0.25, -0.2) is 0 Å². The van der Waals surface area contributed by atoms with Crippen molar-refractivity contribution in [3.63, 3.8) is 0 Å². The highest BCUT2D eigenvalue weighted by molar-refractivity contribution is 6.15. The number of hydrogen-bond donors (Lipinski definition) is 0. The Morgan fingerprint density at radius 1 is 0.296 bits per heavy atom. The molecule has 0 aliphatic rings. The van der Waals surface area contributed by atoms with E-state index in [-0.39, 0.29) is 0 Å². The number of fused-ring (bicyclic) bond motifs is 9. The molecule has 0 bridgehead atoms. The van der Waals surface area contributed by atoms with Crippen LogP contribution in [0, 0.1) is 0 Å². The first kappa shape index (κ1) is 40.6. The minimum absolute atomic E-state index is 0.875. The van der Waals surface area contributed by atoms with Crippen LogP contribution in [0.4, 0.5) is 17.1 Å². The predicted molar refractivity (Wildman–Crippen MR) is 299 cm³/mol. The minimum atomic E-state index is 0.875. The molecule has 2 aromatic heterocycles. The molecule has 0 fully saturated rings. The molecule has 2 heterocycles. The zero-order valence-corrected chi connectivity index (χ0v) is 38.7. The molecule has 0 saturated heterocycles. The van der Waals surface area contributed by atoms with Gasteiger partial charge in [0.1, 0.15) is 11.2 Å². The van der Waals surface area contributed by atoms with Gasteiger partial charge in [-0.2, -0.15) is 0 Å². The van der Waals surface area contributed by atoms with E-state index in [1.165, 1.54) is 60.0 Å². The van der Waals surface area contributed by atoms with Crippen LogP contribution in [0.5, 0.6) is 0 Å². The zero-order valence-electron chi connectivity index (χ0n) is 38.7. The molecule has 3 nitrogen and oxygen atoms in total. The molecule has 0 aliphatic heterocycles. The van der Waals surface area contributed by atoms with E-state index in [0.717, 1.165) is 72.5 Å². The van der Waals surface area contributed by atoms with Gasteiger partial charge in [-0.05, 0) is 139 Å². The van der Waals surface area contributed by atoms with Gasteiger partial charge < -0.3 is 13.9 Å². The monoisotopic (exact) mass is 904 g/mol. The van der Waals surface area contributed by atoms with Crippen molar-refractivity contribution in [3.8, 4) is 50.2 Å². The Labute approximate surface area is 411 Å². The van der Waals surface area contributed by atoms with E-state index in [2.05, 4.69) is 270 Å². The van der Waals surface area contributed by atoms with Gasteiger partial charge in [0, 0.05) is 44.2 Å². The summed E-state index contributed by atoms with van der Waals surface area (Å²) in [4.78, 5) is 2.42. The van der Waals surface area contributed by atoms with Crippen LogP contribution in [-0.2, 0) is 0 Å². The molecule has 0 aliphatic carbocycles. The first-order chi connectivity index (χ1) is 35.2. The highest BCUT2D eigenvalue weighted by Gasteiger charge is 2.22. The molecule has 332 valence electrons. The summed E-state index contributed by atoms with van der Waals surface area (Å²) in [7, 11) is 0. The topological polar surface area (TPSA) is 21.3 Å². The van der Waals surface area contributed by atoms with Crippen LogP contribution in [-0.4, -0.2) is 4.57 Å². The molecule has 12 aromatic carbocycles. The summed E-state index contributed by atoms with van der Waals surface area (Å²) in [5.41, 5.74) is 17.8. The van der Waals surface area contributed by atoms with Crippen molar-refractivity contribution in [3.05, 3.63) is 267 Å². The van der Waals surface area contributed by atoms with Gasteiger partial charge >= 0.3 is 0 Å². The van der Waals surface area contributed by atoms with Crippen molar-refractivity contribution in [2.45, 2.75) is 0 Å². The summed E-state index contributed by atoms with van der Waals surface area (Å²) in [6, 6.07) is 96.8. The Morgan fingerprint density at radius 3 is 1.66 bits per heavy atom. The maximum atomic E-state index is 6.45.